The van der Waals surface area contributed by atoms with E-state index in [1.54, 1.807) is 11.3 Å². The van der Waals surface area contributed by atoms with Crippen molar-refractivity contribution >= 4 is 43.2 Å². The highest BCUT2D eigenvalue weighted by molar-refractivity contribution is 9.12. The van der Waals surface area contributed by atoms with Gasteiger partial charge in [0.1, 0.15) is 0 Å². The number of aromatic nitrogens is 2. The number of nitrogens with zero attached hydrogens (tertiary/aromatic N) is 2. The topological polar surface area (TPSA) is 51.0 Å². The number of hydrogen-bond acceptors (Lipinski definition) is 5. The van der Waals surface area contributed by atoms with Crippen molar-refractivity contribution < 1.29 is 4.52 Å². The van der Waals surface area contributed by atoms with Gasteiger partial charge in [-0.3, -0.25) is 0 Å². The van der Waals surface area contributed by atoms with Crippen molar-refractivity contribution in [2.75, 3.05) is 7.05 Å². The van der Waals surface area contributed by atoms with Gasteiger partial charge in [0.15, 0.2) is 5.82 Å². The first-order valence-corrected chi connectivity index (χ1v) is 6.53. The summed E-state index contributed by atoms with van der Waals surface area (Å²) in [6, 6.07) is 1.95. The minimum Gasteiger partial charge on any atom is -0.334 e. The molecule has 0 amide bonds. The van der Waals surface area contributed by atoms with E-state index in [-0.39, 0.29) is 0 Å². The Hall–Kier alpha value is -0.240. The second-order valence-electron chi connectivity index (χ2n) is 2.78. The summed E-state index contributed by atoms with van der Waals surface area (Å²) in [5.41, 5.74) is 0.918. The highest BCUT2D eigenvalue weighted by Gasteiger charge is 2.14. The Morgan fingerprint density at radius 1 is 1.53 bits per heavy atom. The molecule has 0 aliphatic carbocycles. The summed E-state index contributed by atoms with van der Waals surface area (Å²) < 4.78 is 7.16. The molecule has 7 heteroatoms. The van der Waals surface area contributed by atoms with E-state index in [4.69, 9.17) is 4.52 Å². The molecule has 2 aromatic rings. The number of rotatable bonds is 3. The first-order valence-electron chi connectivity index (χ1n) is 4.13. The summed E-state index contributed by atoms with van der Waals surface area (Å²) in [4.78, 5) is 4.26. The Labute approximate surface area is 107 Å². The Morgan fingerprint density at radius 2 is 2.33 bits per heavy atom. The second kappa shape index (κ2) is 4.73. The van der Waals surface area contributed by atoms with Gasteiger partial charge < -0.3 is 9.84 Å². The third-order valence-electron chi connectivity index (χ3n) is 1.69. The van der Waals surface area contributed by atoms with E-state index in [9.17, 15) is 0 Å². The number of halogens is 2. The molecule has 15 heavy (non-hydrogen) atoms. The zero-order chi connectivity index (χ0) is 10.8. The van der Waals surface area contributed by atoms with E-state index in [1.807, 2.05) is 13.1 Å². The molecule has 0 spiro atoms. The molecule has 0 aromatic carbocycles. The molecule has 1 N–H and O–H groups in total. The summed E-state index contributed by atoms with van der Waals surface area (Å²) in [5, 5.41) is 6.82. The molecule has 0 atom stereocenters. The fourth-order valence-electron chi connectivity index (χ4n) is 1.08. The van der Waals surface area contributed by atoms with Crippen LogP contribution in [0.25, 0.3) is 11.5 Å². The Bertz CT molecular complexity index is 468. The largest absolute Gasteiger partial charge is 0.334 e. The lowest BCUT2D eigenvalue weighted by Crippen LogP contribution is -2.06. The van der Waals surface area contributed by atoms with E-state index < -0.39 is 0 Å². The van der Waals surface area contributed by atoms with E-state index in [1.165, 1.54) is 0 Å². The Morgan fingerprint density at radius 3 is 2.93 bits per heavy atom. The average molecular weight is 353 g/mol. The molecule has 0 fully saturated rings. The van der Waals surface area contributed by atoms with Crippen LogP contribution in [0.1, 0.15) is 5.82 Å². The molecular formula is C8H7Br2N3OS. The first kappa shape index (κ1) is 11.3. The minimum absolute atomic E-state index is 0.536. The Kier molecular flexibility index (Phi) is 3.55. The Balaban J connectivity index is 2.32. The molecule has 0 radical (unpaired) electrons. The molecule has 2 heterocycles. The van der Waals surface area contributed by atoms with Crippen LogP contribution in [-0.4, -0.2) is 17.2 Å². The van der Waals surface area contributed by atoms with Crippen LogP contribution >= 0.6 is 43.2 Å². The molecule has 2 aromatic heterocycles. The van der Waals surface area contributed by atoms with Gasteiger partial charge in [0.25, 0.3) is 5.89 Å². The van der Waals surface area contributed by atoms with Gasteiger partial charge in [-0.2, -0.15) is 4.98 Å². The molecule has 0 unspecified atom stereocenters. The van der Waals surface area contributed by atoms with E-state index in [2.05, 4.69) is 47.3 Å². The molecule has 0 bridgehead atoms. The fraction of sp³-hybridized carbons (Fsp3) is 0.250. The summed E-state index contributed by atoms with van der Waals surface area (Å²) in [7, 11) is 1.84. The smallest absolute Gasteiger partial charge is 0.260 e. The predicted octanol–water partition coefficient (Wildman–Crippen LogP) is 3.04. The molecule has 4 nitrogen and oxygen atoms in total. The monoisotopic (exact) mass is 351 g/mol. The molecule has 0 saturated carbocycles. The third-order valence-corrected chi connectivity index (χ3v) is 4.03. The van der Waals surface area contributed by atoms with Crippen molar-refractivity contribution in [3.05, 3.63) is 19.5 Å². The molecule has 0 saturated heterocycles. The summed E-state index contributed by atoms with van der Waals surface area (Å²) in [6.45, 7) is 0.604. The lowest BCUT2D eigenvalue weighted by atomic mass is 10.3. The molecule has 80 valence electrons. The van der Waals surface area contributed by atoms with Crippen molar-refractivity contribution in [3.63, 3.8) is 0 Å². The van der Waals surface area contributed by atoms with E-state index >= 15 is 0 Å². The molecule has 2 rings (SSSR count). The highest BCUT2D eigenvalue weighted by Crippen LogP contribution is 2.37. The second-order valence-corrected chi connectivity index (χ2v) is 6.53. The van der Waals surface area contributed by atoms with Crippen molar-refractivity contribution in [3.8, 4) is 11.5 Å². The number of hydrogen-bond donors (Lipinski definition) is 1. The molecule has 0 aliphatic rings. The maximum atomic E-state index is 5.15. The SMILES string of the molecule is CNCc1noc(-c2cc(Br)sc2Br)n1. The quantitative estimate of drug-likeness (QED) is 0.922. The zero-order valence-electron chi connectivity index (χ0n) is 7.75. The van der Waals surface area contributed by atoms with Crippen LogP contribution < -0.4 is 5.32 Å². The van der Waals surface area contributed by atoms with Crippen LogP contribution in [0.15, 0.2) is 18.2 Å². The lowest BCUT2D eigenvalue weighted by molar-refractivity contribution is 0.420. The first-order chi connectivity index (χ1) is 7.20. The van der Waals surface area contributed by atoms with Crippen molar-refractivity contribution in [1.29, 1.82) is 0 Å². The van der Waals surface area contributed by atoms with Gasteiger partial charge in [-0.05, 0) is 45.0 Å². The lowest BCUT2D eigenvalue weighted by Gasteiger charge is -1.88. The summed E-state index contributed by atoms with van der Waals surface area (Å²) in [5.74, 6) is 1.19. The third kappa shape index (κ3) is 2.47. The number of nitrogens with one attached hydrogen (secondary N) is 1. The fourth-order valence-corrected chi connectivity index (χ4v) is 3.86. The van der Waals surface area contributed by atoms with Crippen molar-refractivity contribution in [2.45, 2.75) is 6.54 Å². The van der Waals surface area contributed by atoms with Crippen LogP contribution in [0.4, 0.5) is 0 Å². The van der Waals surface area contributed by atoms with Crippen LogP contribution in [0, 0.1) is 0 Å². The van der Waals surface area contributed by atoms with Gasteiger partial charge in [0, 0.05) is 0 Å². The van der Waals surface area contributed by atoms with E-state index in [0.717, 1.165) is 13.1 Å². The van der Waals surface area contributed by atoms with Gasteiger partial charge in [-0.25, -0.2) is 0 Å². The van der Waals surface area contributed by atoms with Gasteiger partial charge in [0.2, 0.25) is 0 Å². The van der Waals surface area contributed by atoms with Crippen LogP contribution in [0.3, 0.4) is 0 Å². The van der Waals surface area contributed by atoms with Crippen molar-refractivity contribution in [2.24, 2.45) is 0 Å². The normalized spacial score (nSPS) is 10.9. The molecule has 0 aliphatic heterocycles. The van der Waals surface area contributed by atoms with Crippen molar-refractivity contribution in [1.82, 2.24) is 15.5 Å². The van der Waals surface area contributed by atoms with Gasteiger partial charge >= 0.3 is 0 Å². The van der Waals surface area contributed by atoms with Crippen LogP contribution in [0.2, 0.25) is 0 Å². The predicted molar refractivity (Wildman–Crippen MR) is 65.8 cm³/mol. The van der Waals surface area contributed by atoms with Gasteiger partial charge in [0.05, 0.1) is 19.7 Å². The standard InChI is InChI=1S/C8H7Br2N3OS/c1-11-3-6-12-8(14-13-6)4-2-5(9)15-7(4)10/h2,11H,3H2,1H3. The average Bonchev–Trinajstić information content (AvgIpc) is 2.73. The maximum Gasteiger partial charge on any atom is 0.260 e. The summed E-state index contributed by atoms with van der Waals surface area (Å²) >= 11 is 8.43. The minimum atomic E-state index is 0.536. The zero-order valence-corrected chi connectivity index (χ0v) is 11.7. The summed E-state index contributed by atoms with van der Waals surface area (Å²) in [6.07, 6.45) is 0. The van der Waals surface area contributed by atoms with E-state index in [0.29, 0.717) is 18.3 Å². The van der Waals surface area contributed by atoms with Gasteiger partial charge in [-0.1, -0.05) is 5.16 Å². The van der Waals surface area contributed by atoms with Gasteiger partial charge in [-0.15, -0.1) is 11.3 Å². The van der Waals surface area contributed by atoms with Crippen LogP contribution in [0.5, 0.6) is 0 Å². The highest BCUT2D eigenvalue weighted by atomic mass is 79.9. The van der Waals surface area contributed by atoms with Crippen LogP contribution in [-0.2, 0) is 6.54 Å². The maximum absolute atomic E-state index is 5.15. The number of thiophene rings is 1. The molecular weight excluding hydrogens is 346 g/mol.